The molecule has 0 aliphatic heterocycles. The zero-order chi connectivity index (χ0) is 13.1. The van der Waals surface area contributed by atoms with Gasteiger partial charge in [0.15, 0.2) is 0 Å². The Morgan fingerprint density at radius 2 is 2.22 bits per heavy atom. The number of benzene rings is 1. The Balaban J connectivity index is 2.04. The van der Waals surface area contributed by atoms with Crippen LogP contribution in [0.3, 0.4) is 0 Å². The van der Waals surface area contributed by atoms with Crippen molar-refractivity contribution in [1.29, 1.82) is 0 Å². The van der Waals surface area contributed by atoms with Crippen LogP contribution in [0.1, 0.15) is 25.6 Å². The molecule has 1 aromatic carbocycles. The topological polar surface area (TPSA) is 66.0 Å². The van der Waals surface area contributed by atoms with Crippen LogP contribution in [-0.2, 0) is 4.79 Å². The largest absolute Gasteiger partial charge is 0.481 e. The number of nitrogens with one attached hydrogen (secondary N) is 1. The van der Waals surface area contributed by atoms with E-state index in [-0.39, 0.29) is 17.3 Å². The molecule has 2 aromatic rings. The Kier molecular flexibility index (Phi) is 2.32. The highest BCUT2D eigenvalue weighted by molar-refractivity contribution is 9.10. The third-order valence-corrected chi connectivity index (χ3v) is 4.34. The molecule has 1 aromatic heterocycles. The fourth-order valence-electron chi connectivity index (χ4n) is 2.76. The summed E-state index contributed by atoms with van der Waals surface area (Å²) in [5, 5.41) is 9.19. The Hall–Kier alpha value is -1.36. The highest BCUT2D eigenvalue weighted by Crippen LogP contribution is 2.63. The van der Waals surface area contributed by atoms with E-state index in [0.717, 1.165) is 21.3 Å². The molecular weight excluding hydrogens is 296 g/mol. The van der Waals surface area contributed by atoms with Crippen molar-refractivity contribution in [2.24, 2.45) is 11.3 Å². The predicted molar refractivity (Wildman–Crippen MR) is 71.4 cm³/mol. The second-order valence-corrected chi connectivity index (χ2v) is 6.31. The van der Waals surface area contributed by atoms with Gasteiger partial charge in [0.05, 0.1) is 17.0 Å². The molecule has 0 saturated heterocycles. The first-order valence-corrected chi connectivity index (χ1v) is 6.58. The number of nitrogens with zero attached hydrogens (tertiary/aromatic N) is 1. The number of rotatable bonds is 2. The molecule has 4 nitrogen and oxygen atoms in total. The van der Waals surface area contributed by atoms with Gasteiger partial charge in [-0.05, 0) is 23.6 Å². The van der Waals surface area contributed by atoms with Crippen molar-refractivity contribution in [1.82, 2.24) is 9.97 Å². The molecule has 1 aliphatic carbocycles. The van der Waals surface area contributed by atoms with Crippen molar-refractivity contribution < 1.29 is 9.90 Å². The van der Waals surface area contributed by atoms with Crippen LogP contribution in [0.25, 0.3) is 11.0 Å². The number of halogens is 1. The summed E-state index contributed by atoms with van der Waals surface area (Å²) in [5.74, 6) is -0.338. The summed E-state index contributed by atoms with van der Waals surface area (Å²) < 4.78 is 0.982. The molecule has 0 bridgehead atoms. The third kappa shape index (κ3) is 1.57. The second-order valence-electron chi connectivity index (χ2n) is 5.40. The number of carboxylic acid groups (broad SMARTS) is 1. The minimum Gasteiger partial charge on any atom is -0.481 e. The first kappa shape index (κ1) is 11.7. The average Bonchev–Trinajstić information content (AvgIpc) is 2.66. The minimum absolute atomic E-state index is 0.0267. The smallest absolute Gasteiger partial charge is 0.307 e. The molecule has 1 aliphatic rings. The van der Waals surface area contributed by atoms with Gasteiger partial charge < -0.3 is 10.1 Å². The van der Waals surface area contributed by atoms with E-state index in [1.54, 1.807) is 0 Å². The van der Waals surface area contributed by atoms with Gasteiger partial charge in [-0.1, -0.05) is 29.8 Å². The molecule has 2 atom stereocenters. The summed E-state index contributed by atoms with van der Waals surface area (Å²) >= 11 is 3.41. The molecule has 94 valence electrons. The molecular formula is C13H13BrN2O2. The van der Waals surface area contributed by atoms with Crippen molar-refractivity contribution in [3.8, 4) is 0 Å². The van der Waals surface area contributed by atoms with Gasteiger partial charge in [-0.15, -0.1) is 0 Å². The van der Waals surface area contributed by atoms with Crippen LogP contribution in [0.2, 0.25) is 0 Å². The molecule has 2 unspecified atom stereocenters. The van der Waals surface area contributed by atoms with E-state index >= 15 is 0 Å². The summed E-state index contributed by atoms with van der Waals surface area (Å²) in [7, 11) is 0. The highest BCUT2D eigenvalue weighted by Gasteiger charge is 2.64. The lowest BCUT2D eigenvalue weighted by Crippen LogP contribution is -2.03. The zero-order valence-electron chi connectivity index (χ0n) is 10.1. The van der Waals surface area contributed by atoms with Gasteiger partial charge in [-0.2, -0.15) is 0 Å². The molecule has 0 spiro atoms. The summed E-state index contributed by atoms with van der Waals surface area (Å²) in [4.78, 5) is 18.9. The van der Waals surface area contributed by atoms with Crippen LogP contribution < -0.4 is 0 Å². The number of hydrogen-bond acceptors (Lipinski definition) is 2. The number of H-pyrrole nitrogens is 1. The molecule has 1 saturated carbocycles. The van der Waals surface area contributed by atoms with Crippen LogP contribution in [0.5, 0.6) is 0 Å². The molecule has 0 radical (unpaired) electrons. The van der Waals surface area contributed by atoms with Crippen LogP contribution in [-0.4, -0.2) is 21.0 Å². The molecule has 3 rings (SSSR count). The van der Waals surface area contributed by atoms with Crippen LogP contribution in [0, 0.1) is 11.3 Å². The number of fused-ring (bicyclic) bond motifs is 1. The first-order chi connectivity index (χ1) is 8.41. The molecule has 5 heteroatoms. The minimum atomic E-state index is -0.744. The lowest BCUT2D eigenvalue weighted by atomic mass is 10.1. The number of aromatic amines is 1. The maximum absolute atomic E-state index is 11.2. The number of aliphatic carboxylic acids is 1. The highest BCUT2D eigenvalue weighted by atomic mass is 79.9. The summed E-state index contributed by atoms with van der Waals surface area (Å²) in [6.45, 7) is 3.94. The lowest BCUT2D eigenvalue weighted by molar-refractivity contribution is -0.139. The average molecular weight is 309 g/mol. The van der Waals surface area contributed by atoms with Gasteiger partial charge in [0.25, 0.3) is 0 Å². The normalized spacial score (nSPS) is 25.3. The van der Waals surface area contributed by atoms with Gasteiger partial charge in [-0.25, -0.2) is 4.98 Å². The van der Waals surface area contributed by atoms with E-state index in [0.29, 0.717) is 0 Å². The predicted octanol–water partition coefficient (Wildman–Crippen LogP) is 3.15. The van der Waals surface area contributed by atoms with E-state index in [2.05, 4.69) is 25.9 Å². The number of hydrogen-bond donors (Lipinski definition) is 2. The van der Waals surface area contributed by atoms with Crippen molar-refractivity contribution in [3.63, 3.8) is 0 Å². The van der Waals surface area contributed by atoms with Crippen LogP contribution >= 0.6 is 15.9 Å². The summed E-state index contributed by atoms with van der Waals surface area (Å²) in [5.41, 5.74) is 1.59. The summed E-state index contributed by atoms with van der Waals surface area (Å²) in [6, 6.07) is 5.81. The lowest BCUT2D eigenvalue weighted by Gasteiger charge is -1.97. The Morgan fingerprint density at radius 3 is 2.83 bits per heavy atom. The molecule has 2 N–H and O–H groups in total. The van der Waals surface area contributed by atoms with Crippen molar-refractivity contribution in [3.05, 3.63) is 28.5 Å². The van der Waals surface area contributed by atoms with E-state index < -0.39 is 5.97 Å². The monoisotopic (exact) mass is 308 g/mol. The van der Waals surface area contributed by atoms with E-state index in [4.69, 9.17) is 0 Å². The molecule has 1 fully saturated rings. The zero-order valence-corrected chi connectivity index (χ0v) is 11.7. The molecule has 0 amide bonds. The van der Waals surface area contributed by atoms with E-state index in [1.165, 1.54) is 0 Å². The van der Waals surface area contributed by atoms with E-state index in [9.17, 15) is 9.90 Å². The van der Waals surface area contributed by atoms with Gasteiger partial charge in [0, 0.05) is 10.4 Å². The Morgan fingerprint density at radius 1 is 1.50 bits per heavy atom. The first-order valence-electron chi connectivity index (χ1n) is 5.79. The van der Waals surface area contributed by atoms with E-state index in [1.807, 2.05) is 32.0 Å². The van der Waals surface area contributed by atoms with Gasteiger partial charge >= 0.3 is 5.97 Å². The van der Waals surface area contributed by atoms with Crippen LogP contribution in [0.15, 0.2) is 22.7 Å². The number of carboxylic acids is 1. The Bertz CT molecular complexity index is 647. The fraction of sp³-hybridized carbons (Fsp3) is 0.385. The Labute approximate surface area is 113 Å². The standard InChI is InChI=1S/C13H13BrN2O2/c1-13(2)9(10(13)12(17)18)11-15-7-4-3-6(14)5-8(7)16-11/h3-5,9-10H,1-2H3,(H,15,16)(H,17,18). The SMILES string of the molecule is CC1(C)C(C(=O)O)C1c1nc2ccc(Br)cc2[nH]1. The fourth-order valence-corrected chi connectivity index (χ4v) is 3.12. The van der Waals surface area contributed by atoms with Crippen molar-refractivity contribution in [2.45, 2.75) is 19.8 Å². The van der Waals surface area contributed by atoms with Gasteiger partial charge in [0.1, 0.15) is 5.82 Å². The number of carbonyl (C=O) groups is 1. The quantitative estimate of drug-likeness (QED) is 0.895. The van der Waals surface area contributed by atoms with Gasteiger partial charge in [-0.3, -0.25) is 4.79 Å². The van der Waals surface area contributed by atoms with Gasteiger partial charge in [0.2, 0.25) is 0 Å². The van der Waals surface area contributed by atoms with Crippen molar-refractivity contribution in [2.75, 3.05) is 0 Å². The summed E-state index contributed by atoms with van der Waals surface area (Å²) in [6.07, 6.45) is 0. The van der Waals surface area contributed by atoms with Crippen LogP contribution in [0.4, 0.5) is 0 Å². The number of imidazole rings is 1. The number of aromatic nitrogens is 2. The maximum Gasteiger partial charge on any atom is 0.307 e. The maximum atomic E-state index is 11.2. The second kappa shape index (κ2) is 3.57. The van der Waals surface area contributed by atoms with Crippen molar-refractivity contribution >= 4 is 32.9 Å². The molecule has 18 heavy (non-hydrogen) atoms. The third-order valence-electron chi connectivity index (χ3n) is 3.85. The molecule has 1 heterocycles.